The van der Waals surface area contributed by atoms with Gasteiger partial charge in [-0.25, -0.2) is 0 Å². The molecule has 4 aromatic rings. The van der Waals surface area contributed by atoms with Crippen LogP contribution in [0.1, 0.15) is 11.1 Å². The Balaban J connectivity index is 0.000000145. The van der Waals surface area contributed by atoms with Crippen molar-refractivity contribution in [1.82, 2.24) is 0 Å². The van der Waals surface area contributed by atoms with E-state index in [2.05, 4.69) is 0 Å². The second-order valence-electron chi connectivity index (χ2n) is 6.94. The summed E-state index contributed by atoms with van der Waals surface area (Å²) in [6.07, 6.45) is 0.806. The summed E-state index contributed by atoms with van der Waals surface area (Å²) in [5, 5.41) is 19.1. The molecule has 0 bridgehead atoms. The molecule has 150 valence electrons. The monoisotopic (exact) mass is 416 g/mol. The first-order valence-electron chi connectivity index (χ1n) is 9.56. The van der Waals surface area contributed by atoms with E-state index in [1.54, 1.807) is 24.3 Å². The summed E-state index contributed by atoms with van der Waals surface area (Å²) in [7, 11) is -2.11. The highest BCUT2D eigenvalue weighted by Gasteiger charge is 2.20. The normalized spacial score (nSPS) is 13.8. The van der Waals surface area contributed by atoms with Crippen molar-refractivity contribution < 1.29 is 19.3 Å². The van der Waals surface area contributed by atoms with Crippen LogP contribution in [0.25, 0.3) is 11.1 Å². The van der Waals surface area contributed by atoms with Crippen LogP contribution in [0.5, 0.6) is 17.2 Å². The topological polar surface area (TPSA) is 66.8 Å². The first kappa shape index (κ1) is 19.8. The molecule has 4 nitrogen and oxygen atoms in total. The maximum Gasteiger partial charge on any atom is 0.266 e. The van der Waals surface area contributed by atoms with E-state index in [1.165, 1.54) is 0 Å². The molecule has 5 heteroatoms. The van der Waals surface area contributed by atoms with E-state index in [1.807, 2.05) is 72.8 Å². The number of hydrogen-bond donors (Lipinski definition) is 2. The number of phenolic OH excluding ortho intramolecular Hbond substituents is 2. The number of rotatable bonds is 2. The van der Waals surface area contributed by atoms with Crippen LogP contribution in [-0.4, -0.2) is 10.2 Å². The molecule has 0 saturated heterocycles. The van der Waals surface area contributed by atoms with Gasteiger partial charge in [0, 0.05) is 5.56 Å². The molecule has 0 radical (unpaired) electrons. The molecule has 1 heterocycles. The summed E-state index contributed by atoms with van der Waals surface area (Å²) in [4.78, 5) is 0. The Kier molecular flexibility index (Phi) is 5.87. The zero-order chi connectivity index (χ0) is 20.9. The van der Waals surface area contributed by atoms with Gasteiger partial charge in [-0.05, 0) is 59.5 Å². The Morgan fingerprint density at radius 2 is 1.13 bits per heavy atom. The molecule has 0 aromatic heterocycles. The third-order valence-electron chi connectivity index (χ3n) is 4.81. The number of phenols is 2. The summed E-state index contributed by atoms with van der Waals surface area (Å²) in [6, 6.07) is 29.7. The van der Waals surface area contributed by atoms with Gasteiger partial charge in [0.25, 0.3) is 8.03 Å². The predicted molar refractivity (Wildman–Crippen MR) is 120 cm³/mol. The van der Waals surface area contributed by atoms with Gasteiger partial charge in [-0.1, -0.05) is 60.7 Å². The summed E-state index contributed by atoms with van der Waals surface area (Å²) >= 11 is 0. The Labute approximate surface area is 175 Å². The SMILES string of the molecule is O=[PH]1Oc2ccccc2-c2ccccc21.Oc1ccc(Cc2ccc(O)cc2)cc1. The van der Waals surface area contributed by atoms with Gasteiger partial charge in [-0.15, -0.1) is 0 Å². The molecule has 4 aromatic carbocycles. The van der Waals surface area contributed by atoms with Crippen LogP contribution in [0.4, 0.5) is 0 Å². The highest BCUT2D eigenvalue weighted by Crippen LogP contribution is 2.41. The van der Waals surface area contributed by atoms with E-state index in [4.69, 9.17) is 14.7 Å². The fourth-order valence-corrected chi connectivity index (χ4v) is 4.45. The fraction of sp³-hybridized carbons (Fsp3) is 0.0400. The zero-order valence-corrected chi connectivity index (χ0v) is 17.2. The standard InChI is InChI=1S/C13H12O2.C12H9O2P/c14-12-5-1-10(2-6-12)9-11-3-7-13(15)8-4-11;13-15-12-8-4-2-6-10(12)9-5-1-3-7-11(9)14-15/h1-8,14-15H,9H2;1-8,15H. The molecule has 0 saturated carbocycles. The smallest absolute Gasteiger partial charge is 0.266 e. The van der Waals surface area contributed by atoms with Crippen LogP contribution in [0, 0.1) is 0 Å². The van der Waals surface area contributed by atoms with E-state index >= 15 is 0 Å². The predicted octanol–water partition coefficient (Wildman–Crippen LogP) is 5.53. The largest absolute Gasteiger partial charge is 0.508 e. The lowest BCUT2D eigenvalue weighted by atomic mass is 10.0. The second kappa shape index (κ2) is 8.89. The van der Waals surface area contributed by atoms with Crippen LogP contribution in [0.15, 0.2) is 97.1 Å². The van der Waals surface area contributed by atoms with Crippen LogP contribution < -0.4 is 9.83 Å². The number of fused-ring (bicyclic) bond motifs is 3. The van der Waals surface area contributed by atoms with Gasteiger partial charge in [0.2, 0.25) is 0 Å². The average molecular weight is 416 g/mol. The van der Waals surface area contributed by atoms with E-state index < -0.39 is 8.03 Å². The third-order valence-corrected chi connectivity index (χ3v) is 6.09. The first-order chi connectivity index (χ1) is 14.6. The van der Waals surface area contributed by atoms with Crippen LogP contribution >= 0.6 is 8.03 Å². The quantitative estimate of drug-likeness (QED) is 0.422. The molecule has 1 aliphatic heterocycles. The molecule has 1 unspecified atom stereocenters. The summed E-state index contributed by atoms with van der Waals surface area (Å²) in [6.45, 7) is 0. The average Bonchev–Trinajstić information content (AvgIpc) is 2.78. The summed E-state index contributed by atoms with van der Waals surface area (Å²) in [5.41, 5.74) is 4.33. The maximum absolute atomic E-state index is 11.8. The highest BCUT2D eigenvalue weighted by molar-refractivity contribution is 7.49. The van der Waals surface area contributed by atoms with Crippen molar-refractivity contribution in [2.45, 2.75) is 6.42 Å². The van der Waals surface area contributed by atoms with Crippen molar-refractivity contribution >= 4 is 13.3 Å². The van der Waals surface area contributed by atoms with Gasteiger partial charge in [0.15, 0.2) is 0 Å². The number of hydrogen-bond acceptors (Lipinski definition) is 4. The molecule has 0 fully saturated rings. The minimum Gasteiger partial charge on any atom is -0.508 e. The van der Waals surface area contributed by atoms with Gasteiger partial charge in [-0.3, -0.25) is 4.57 Å². The van der Waals surface area contributed by atoms with Crippen molar-refractivity contribution in [3.8, 4) is 28.4 Å². The molecular weight excluding hydrogens is 395 g/mol. The number of aromatic hydroxyl groups is 2. The van der Waals surface area contributed by atoms with E-state index in [-0.39, 0.29) is 11.5 Å². The van der Waals surface area contributed by atoms with Gasteiger partial charge < -0.3 is 14.7 Å². The zero-order valence-electron chi connectivity index (χ0n) is 16.2. The van der Waals surface area contributed by atoms with E-state index in [0.717, 1.165) is 39.7 Å². The molecule has 2 N–H and O–H groups in total. The Morgan fingerprint density at radius 1 is 0.633 bits per heavy atom. The molecule has 5 rings (SSSR count). The fourth-order valence-electron chi connectivity index (χ4n) is 3.29. The molecular formula is C25H21O4P. The lowest BCUT2D eigenvalue weighted by Gasteiger charge is -2.19. The summed E-state index contributed by atoms with van der Waals surface area (Å²) < 4.78 is 17.2. The Morgan fingerprint density at radius 3 is 1.73 bits per heavy atom. The molecule has 30 heavy (non-hydrogen) atoms. The van der Waals surface area contributed by atoms with Crippen molar-refractivity contribution in [3.63, 3.8) is 0 Å². The van der Waals surface area contributed by atoms with Crippen LogP contribution in [-0.2, 0) is 11.0 Å². The lowest BCUT2D eigenvalue weighted by Crippen LogP contribution is -2.09. The molecule has 0 spiro atoms. The van der Waals surface area contributed by atoms with Crippen molar-refractivity contribution in [1.29, 1.82) is 0 Å². The Hall–Kier alpha value is -3.49. The van der Waals surface area contributed by atoms with Crippen molar-refractivity contribution in [2.24, 2.45) is 0 Å². The number of benzene rings is 4. The van der Waals surface area contributed by atoms with Crippen molar-refractivity contribution in [2.75, 3.05) is 0 Å². The maximum atomic E-state index is 11.8. The highest BCUT2D eigenvalue weighted by atomic mass is 31.1. The molecule has 1 aliphatic rings. The third kappa shape index (κ3) is 4.56. The van der Waals surface area contributed by atoms with Gasteiger partial charge in [-0.2, -0.15) is 0 Å². The van der Waals surface area contributed by atoms with Crippen LogP contribution in [0.3, 0.4) is 0 Å². The van der Waals surface area contributed by atoms with Crippen LogP contribution in [0.2, 0.25) is 0 Å². The Bertz CT molecular complexity index is 1120. The first-order valence-corrected chi connectivity index (χ1v) is 10.9. The molecule has 1 atom stereocenters. The molecule has 0 amide bonds. The van der Waals surface area contributed by atoms with Gasteiger partial charge >= 0.3 is 0 Å². The minimum absolute atomic E-state index is 0.282. The minimum atomic E-state index is -2.11. The van der Waals surface area contributed by atoms with Gasteiger partial charge in [0.1, 0.15) is 17.2 Å². The van der Waals surface area contributed by atoms with E-state index in [9.17, 15) is 4.57 Å². The molecule has 0 aliphatic carbocycles. The van der Waals surface area contributed by atoms with E-state index in [0.29, 0.717) is 0 Å². The summed E-state index contributed by atoms with van der Waals surface area (Å²) in [5.74, 6) is 1.29. The number of para-hydroxylation sites is 1. The second-order valence-corrected chi connectivity index (χ2v) is 8.26. The van der Waals surface area contributed by atoms with Gasteiger partial charge in [0.05, 0.1) is 5.30 Å². The lowest BCUT2D eigenvalue weighted by molar-refractivity contribution is 0.475. The van der Waals surface area contributed by atoms with Crippen molar-refractivity contribution in [3.05, 3.63) is 108 Å².